The van der Waals surface area contributed by atoms with Crippen LogP contribution in [0.25, 0.3) is 21.9 Å². The van der Waals surface area contributed by atoms with E-state index in [-0.39, 0.29) is 22.1 Å². The zero-order valence-corrected chi connectivity index (χ0v) is 32.3. The summed E-state index contributed by atoms with van der Waals surface area (Å²) in [5.41, 5.74) is 5.40. The lowest BCUT2D eigenvalue weighted by atomic mass is 9.57. The molecule has 2 fully saturated rings. The van der Waals surface area contributed by atoms with Crippen LogP contribution in [0, 0.1) is 41.6 Å². The standard InChI is InChI=1S/C41H61N5O3/c1-25(2)18-27-19-26(3)20-33(41(10,11)12)31(27)24-32-34(42-13)37(49-38(47)45-14-16-48-17-15-45)46-36(32)43-35(44-46)28-21-29(39(4,5)6)23-30(22-28)40(7,8)9/h21-23,25-27,31,33H,14-20,24H2,1-12H3,(H,43,44). The Hall–Kier alpha value is -3.31. The maximum atomic E-state index is 13.6. The Morgan fingerprint density at radius 3 is 2.16 bits per heavy atom. The number of rotatable bonds is 6. The molecule has 1 amide bonds. The van der Waals surface area contributed by atoms with E-state index < -0.39 is 6.09 Å². The van der Waals surface area contributed by atoms with Crippen molar-refractivity contribution in [3.05, 3.63) is 46.3 Å². The molecule has 5 rings (SSSR count). The summed E-state index contributed by atoms with van der Waals surface area (Å²) < 4.78 is 13.4. The molecular weight excluding hydrogens is 610 g/mol. The summed E-state index contributed by atoms with van der Waals surface area (Å²) in [6, 6.07) is 6.75. The predicted octanol–water partition coefficient (Wildman–Crippen LogP) is 10.2. The summed E-state index contributed by atoms with van der Waals surface area (Å²) in [4.78, 5) is 24.6. The predicted molar refractivity (Wildman–Crippen MR) is 199 cm³/mol. The van der Waals surface area contributed by atoms with Crippen LogP contribution in [0.2, 0.25) is 0 Å². The third kappa shape index (κ3) is 8.03. The number of aromatic amines is 1. The van der Waals surface area contributed by atoms with E-state index in [2.05, 4.69) is 111 Å². The Balaban J connectivity index is 1.70. The zero-order chi connectivity index (χ0) is 36.1. The summed E-state index contributed by atoms with van der Waals surface area (Å²) in [5, 5.41) is 3.51. The summed E-state index contributed by atoms with van der Waals surface area (Å²) in [6.45, 7) is 37.9. The molecule has 3 heterocycles. The fourth-order valence-corrected chi connectivity index (χ4v) is 8.22. The topological polar surface area (TPSA) is 76.2 Å². The van der Waals surface area contributed by atoms with Crippen molar-refractivity contribution in [2.24, 2.45) is 35.0 Å². The van der Waals surface area contributed by atoms with E-state index >= 15 is 0 Å². The minimum absolute atomic E-state index is 0.0582. The van der Waals surface area contributed by atoms with E-state index in [1.807, 2.05) is 0 Å². The molecule has 0 spiro atoms. The Labute approximate surface area is 295 Å². The van der Waals surface area contributed by atoms with E-state index in [0.717, 1.165) is 24.0 Å². The minimum atomic E-state index is -0.461. The Morgan fingerprint density at radius 1 is 1.02 bits per heavy atom. The number of H-pyrrole nitrogens is 1. The van der Waals surface area contributed by atoms with Crippen LogP contribution in [0.3, 0.4) is 0 Å². The number of nitrogens with one attached hydrogen (secondary N) is 1. The van der Waals surface area contributed by atoms with Crippen molar-refractivity contribution >= 4 is 17.4 Å². The minimum Gasteiger partial charge on any atom is -0.402 e. The highest BCUT2D eigenvalue weighted by Gasteiger charge is 2.43. The SMILES string of the molecule is [C-]#[N+]c1c(CC2C(CC(C)C)CC(C)CC2C(C)(C)C)c2nc(-c3cc(C(C)(C)C)cc(C(C)(C)C)c3)[nH]n2c1OC(=O)N1CCOCC1. The van der Waals surface area contributed by atoms with E-state index in [4.69, 9.17) is 21.0 Å². The average Bonchev–Trinajstić information content (AvgIpc) is 3.55. The van der Waals surface area contributed by atoms with Crippen LogP contribution in [0.15, 0.2) is 18.2 Å². The van der Waals surface area contributed by atoms with Crippen LogP contribution in [-0.2, 0) is 22.0 Å². The van der Waals surface area contributed by atoms with Crippen LogP contribution in [-0.4, -0.2) is 51.9 Å². The number of fused-ring (bicyclic) bond motifs is 1. The quantitative estimate of drug-likeness (QED) is 0.265. The first kappa shape index (κ1) is 37.0. The number of aromatic nitrogens is 3. The molecule has 3 aromatic rings. The lowest BCUT2D eigenvalue weighted by Gasteiger charge is -2.48. The first-order valence-corrected chi connectivity index (χ1v) is 18.5. The van der Waals surface area contributed by atoms with Gasteiger partial charge >= 0.3 is 6.09 Å². The molecule has 268 valence electrons. The second-order valence-electron chi connectivity index (χ2n) is 18.5. The fraction of sp³-hybridized carbons (Fsp3) is 0.683. The smallest absolute Gasteiger partial charge is 0.402 e. The van der Waals surface area contributed by atoms with Gasteiger partial charge in [0.05, 0.1) is 19.8 Å². The maximum Gasteiger partial charge on any atom is 0.415 e. The molecule has 4 unspecified atom stereocenters. The van der Waals surface area contributed by atoms with Gasteiger partial charge in [-0.3, -0.25) is 5.10 Å². The molecule has 0 bridgehead atoms. The van der Waals surface area contributed by atoms with E-state index in [0.29, 0.717) is 73.1 Å². The molecule has 1 aliphatic heterocycles. The highest BCUT2D eigenvalue weighted by molar-refractivity contribution is 5.80. The van der Waals surface area contributed by atoms with Crippen molar-refractivity contribution < 1.29 is 14.3 Å². The molecular formula is C41H61N5O3. The van der Waals surface area contributed by atoms with E-state index in [9.17, 15) is 4.79 Å². The molecule has 1 saturated carbocycles. The van der Waals surface area contributed by atoms with Gasteiger partial charge in [-0.2, -0.15) is 0 Å². The van der Waals surface area contributed by atoms with Gasteiger partial charge in [0.2, 0.25) is 5.88 Å². The van der Waals surface area contributed by atoms with Crippen molar-refractivity contribution in [2.45, 2.75) is 120 Å². The molecule has 2 aromatic heterocycles. The molecule has 1 aromatic carbocycles. The Morgan fingerprint density at radius 2 is 1.63 bits per heavy atom. The van der Waals surface area contributed by atoms with Crippen molar-refractivity contribution in [2.75, 3.05) is 26.3 Å². The van der Waals surface area contributed by atoms with Crippen LogP contribution in [0.4, 0.5) is 10.5 Å². The van der Waals surface area contributed by atoms with Crippen molar-refractivity contribution in [3.8, 4) is 17.3 Å². The van der Waals surface area contributed by atoms with Crippen LogP contribution >= 0.6 is 0 Å². The normalized spacial score (nSPS) is 22.5. The van der Waals surface area contributed by atoms with Gasteiger partial charge in [-0.25, -0.2) is 19.1 Å². The summed E-state index contributed by atoms with van der Waals surface area (Å²) >= 11 is 0. The van der Waals surface area contributed by atoms with Crippen molar-refractivity contribution in [3.63, 3.8) is 0 Å². The molecule has 0 radical (unpaired) electrons. The highest BCUT2D eigenvalue weighted by Crippen LogP contribution is 2.51. The third-order valence-corrected chi connectivity index (χ3v) is 10.9. The largest absolute Gasteiger partial charge is 0.415 e. The molecule has 8 heteroatoms. The van der Waals surface area contributed by atoms with Gasteiger partial charge in [-0.15, -0.1) is 0 Å². The molecule has 1 saturated heterocycles. The Bertz CT molecular complexity index is 1650. The first-order chi connectivity index (χ1) is 22.8. The van der Waals surface area contributed by atoms with Gasteiger partial charge in [0.25, 0.3) is 5.69 Å². The maximum absolute atomic E-state index is 13.6. The number of ether oxygens (including phenoxy) is 2. The van der Waals surface area contributed by atoms with Crippen molar-refractivity contribution in [1.29, 1.82) is 0 Å². The first-order valence-electron chi connectivity index (χ1n) is 18.5. The highest BCUT2D eigenvalue weighted by atomic mass is 16.6. The number of hydrogen-bond acceptors (Lipinski definition) is 4. The summed E-state index contributed by atoms with van der Waals surface area (Å²) in [5.74, 6) is 3.59. The number of carbonyl (C=O) groups excluding carboxylic acids is 1. The van der Waals surface area contributed by atoms with Crippen LogP contribution in [0.5, 0.6) is 5.88 Å². The van der Waals surface area contributed by atoms with E-state index in [1.54, 1.807) is 9.42 Å². The fourth-order valence-electron chi connectivity index (χ4n) is 8.22. The number of nitrogens with zero attached hydrogens (tertiary/aromatic N) is 4. The number of hydrogen-bond donors (Lipinski definition) is 1. The van der Waals surface area contributed by atoms with Gasteiger partial charge in [0, 0.05) is 24.2 Å². The van der Waals surface area contributed by atoms with Crippen molar-refractivity contribution in [1.82, 2.24) is 19.5 Å². The lowest BCUT2D eigenvalue weighted by molar-refractivity contribution is 0.0259. The second kappa shape index (κ2) is 13.8. The zero-order valence-electron chi connectivity index (χ0n) is 32.3. The lowest BCUT2D eigenvalue weighted by Crippen LogP contribution is -2.42. The summed E-state index contributed by atoms with van der Waals surface area (Å²) in [7, 11) is 0. The van der Waals surface area contributed by atoms with Gasteiger partial charge in [-0.1, -0.05) is 89.2 Å². The van der Waals surface area contributed by atoms with Crippen LogP contribution in [0.1, 0.15) is 119 Å². The van der Waals surface area contributed by atoms with Gasteiger partial charge in [0.1, 0.15) is 5.65 Å². The second-order valence-corrected chi connectivity index (χ2v) is 18.5. The number of morpholine rings is 1. The van der Waals surface area contributed by atoms with Gasteiger partial charge in [-0.05, 0) is 94.8 Å². The number of amides is 1. The molecule has 4 atom stereocenters. The molecule has 1 N–H and O–H groups in total. The van der Waals surface area contributed by atoms with Crippen LogP contribution < -0.4 is 4.74 Å². The molecule has 49 heavy (non-hydrogen) atoms. The van der Waals surface area contributed by atoms with Gasteiger partial charge in [0.15, 0.2) is 5.82 Å². The average molecular weight is 672 g/mol. The summed E-state index contributed by atoms with van der Waals surface area (Å²) in [6.07, 6.45) is 3.79. The number of carbonyl (C=O) groups is 1. The molecule has 1 aliphatic carbocycles. The van der Waals surface area contributed by atoms with Gasteiger partial charge < -0.3 is 14.4 Å². The van der Waals surface area contributed by atoms with E-state index in [1.165, 1.54) is 24.0 Å². The monoisotopic (exact) mass is 671 g/mol. The Kier molecular flexibility index (Phi) is 10.4. The molecule has 2 aliphatic rings. The molecule has 8 nitrogen and oxygen atoms in total. The number of benzene rings is 1. The third-order valence-electron chi connectivity index (χ3n) is 10.9.